The maximum atomic E-state index is 12.4. The lowest BCUT2D eigenvalue weighted by Crippen LogP contribution is -2.44. The van der Waals surface area contributed by atoms with Crippen LogP contribution >= 0.6 is 0 Å². The number of hydrogen-bond donors (Lipinski definition) is 2. The summed E-state index contributed by atoms with van der Waals surface area (Å²) >= 11 is 0. The first-order valence-corrected chi connectivity index (χ1v) is 9.89. The smallest absolute Gasteiger partial charge is 0.407 e. The van der Waals surface area contributed by atoms with Gasteiger partial charge in [-0.3, -0.25) is 4.79 Å². The Morgan fingerprint density at radius 3 is 2.25 bits per heavy atom. The van der Waals surface area contributed by atoms with Crippen molar-refractivity contribution in [1.82, 2.24) is 5.32 Å². The summed E-state index contributed by atoms with van der Waals surface area (Å²) < 4.78 is 5.59. The van der Waals surface area contributed by atoms with E-state index in [1.54, 1.807) is 0 Å². The highest BCUT2D eigenvalue weighted by Gasteiger charge is 2.33. The van der Waals surface area contributed by atoms with Crippen LogP contribution < -0.4 is 5.32 Å². The van der Waals surface area contributed by atoms with Crippen LogP contribution in [0.3, 0.4) is 0 Å². The number of carboxylic acid groups (broad SMARTS) is 1. The number of aliphatic carboxylic acids is 1. The molecule has 28 heavy (non-hydrogen) atoms. The Morgan fingerprint density at radius 1 is 1.04 bits per heavy atom. The molecule has 0 saturated heterocycles. The van der Waals surface area contributed by atoms with E-state index in [-0.39, 0.29) is 24.5 Å². The molecule has 2 aromatic rings. The molecule has 1 fully saturated rings. The lowest BCUT2D eigenvalue weighted by Gasteiger charge is -2.32. The molecule has 5 nitrogen and oxygen atoms in total. The Kier molecular flexibility index (Phi) is 5.07. The van der Waals surface area contributed by atoms with Gasteiger partial charge in [0.25, 0.3) is 0 Å². The van der Waals surface area contributed by atoms with Gasteiger partial charge in [0.1, 0.15) is 6.61 Å². The Morgan fingerprint density at radius 2 is 1.64 bits per heavy atom. The molecule has 0 aromatic heterocycles. The van der Waals surface area contributed by atoms with E-state index in [1.165, 1.54) is 22.3 Å². The number of benzene rings is 2. The van der Waals surface area contributed by atoms with Crippen LogP contribution in [0.5, 0.6) is 0 Å². The number of amides is 1. The third kappa shape index (κ3) is 3.49. The molecule has 3 atom stereocenters. The molecule has 2 N–H and O–H groups in total. The van der Waals surface area contributed by atoms with Crippen LogP contribution in [0.2, 0.25) is 0 Å². The molecule has 0 bridgehead atoms. The van der Waals surface area contributed by atoms with Crippen LogP contribution in [-0.4, -0.2) is 29.8 Å². The van der Waals surface area contributed by atoms with Gasteiger partial charge in [-0.1, -0.05) is 55.5 Å². The van der Waals surface area contributed by atoms with Gasteiger partial charge in [-0.2, -0.15) is 0 Å². The van der Waals surface area contributed by atoms with E-state index in [0.717, 1.165) is 6.42 Å². The minimum absolute atomic E-state index is 0.0219. The van der Waals surface area contributed by atoms with Crippen LogP contribution in [0.25, 0.3) is 11.1 Å². The summed E-state index contributed by atoms with van der Waals surface area (Å²) in [4.78, 5) is 23.7. The molecule has 0 heterocycles. The van der Waals surface area contributed by atoms with E-state index in [4.69, 9.17) is 4.74 Å². The SMILES string of the molecule is CC1CCC(C(=O)O)CC1NC(=O)OCC1c2ccccc2-c2ccccc21. The Bertz CT molecular complexity index is 848. The van der Waals surface area contributed by atoms with Crippen LogP contribution in [0.15, 0.2) is 48.5 Å². The number of nitrogens with one attached hydrogen (secondary N) is 1. The number of hydrogen-bond acceptors (Lipinski definition) is 3. The molecule has 2 aromatic carbocycles. The predicted octanol–water partition coefficient (Wildman–Crippen LogP) is 4.41. The van der Waals surface area contributed by atoms with Gasteiger partial charge in [-0.25, -0.2) is 4.79 Å². The van der Waals surface area contributed by atoms with Crippen molar-refractivity contribution in [1.29, 1.82) is 0 Å². The highest BCUT2D eigenvalue weighted by Crippen LogP contribution is 2.44. The van der Waals surface area contributed by atoms with Gasteiger partial charge in [-0.05, 0) is 47.4 Å². The lowest BCUT2D eigenvalue weighted by molar-refractivity contribution is -0.143. The average Bonchev–Trinajstić information content (AvgIpc) is 3.02. The van der Waals surface area contributed by atoms with Crippen molar-refractivity contribution in [2.45, 2.75) is 38.1 Å². The Hall–Kier alpha value is -2.82. The fourth-order valence-electron chi connectivity index (χ4n) is 4.54. The number of carbonyl (C=O) groups is 2. The topological polar surface area (TPSA) is 75.6 Å². The molecule has 0 radical (unpaired) electrons. The van der Waals surface area contributed by atoms with Gasteiger partial charge < -0.3 is 15.2 Å². The van der Waals surface area contributed by atoms with Crippen LogP contribution in [0.4, 0.5) is 4.79 Å². The molecule has 2 aliphatic rings. The summed E-state index contributed by atoms with van der Waals surface area (Å²) in [5.41, 5.74) is 4.73. The monoisotopic (exact) mass is 379 g/mol. The molecule has 3 unspecified atom stereocenters. The number of alkyl carbamates (subject to hydrolysis) is 1. The van der Waals surface area contributed by atoms with E-state index in [0.29, 0.717) is 12.8 Å². The number of fused-ring (bicyclic) bond motifs is 3. The summed E-state index contributed by atoms with van der Waals surface area (Å²) in [6, 6.07) is 16.3. The van der Waals surface area contributed by atoms with Gasteiger partial charge in [0, 0.05) is 12.0 Å². The van der Waals surface area contributed by atoms with Gasteiger partial charge in [-0.15, -0.1) is 0 Å². The highest BCUT2D eigenvalue weighted by molar-refractivity contribution is 5.79. The zero-order valence-corrected chi connectivity index (χ0v) is 15.9. The number of rotatable bonds is 4. The van der Waals surface area contributed by atoms with Crippen molar-refractivity contribution >= 4 is 12.1 Å². The fourth-order valence-corrected chi connectivity index (χ4v) is 4.54. The molecule has 4 rings (SSSR count). The molecule has 2 aliphatic carbocycles. The van der Waals surface area contributed by atoms with Crippen LogP contribution in [0, 0.1) is 11.8 Å². The van der Waals surface area contributed by atoms with E-state index in [9.17, 15) is 14.7 Å². The minimum Gasteiger partial charge on any atom is -0.481 e. The standard InChI is InChI=1S/C23H25NO4/c1-14-10-11-15(22(25)26)12-21(14)24-23(27)28-13-20-18-8-4-2-6-16(18)17-7-3-5-9-19(17)20/h2-9,14-15,20-21H,10-13H2,1H3,(H,24,27)(H,25,26). The van der Waals surface area contributed by atoms with Crippen molar-refractivity contribution in [2.75, 3.05) is 6.61 Å². The highest BCUT2D eigenvalue weighted by atomic mass is 16.5. The van der Waals surface area contributed by atoms with Crippen LogP contribution in [0.1, 0.15) is 43.2 Å². The number of carboxylic acids is 1. The maximum Gasteiger partial charge on any atom is 0.407 e. The minimum atomic E-state index is -0.786. The predicted molar refractivity (Wildman–Crippen MR) is 106 cm³/mol. The molecule has 5 heteroatoms. The van der Waals surface area contributed by atoms with Gasteiger partial charge in [0.2, 0.25) is 0 Å². The maximum absolute atomic E-state index is 12.4. The number of carbonyl (C=O) groups excluding carboxylic acids is 1. The first-order valence-electron chi connectivity index (χ1n) is 9.89. The molecular formula is C23H25NO4. The van der Waals surface area contributed by atoms with Crippen molar-refractivity contribution < 1.29 is 19.4 Å². The van der Waals surface area contributed by atoms with Gasteiger partial charge in [0.05, 0.1) is 5.92 Å². The van der Waals surface area contributed by atoms with E-state index in [2.05, 4.69) is 29.6 Å². The van der Waals surface area contributed by atoms with Gasteiger partial charge in [0.15, 0.2) is 0 Å². The van der Waals surface area contributed by atoms with E-state index in [1.807, 2.05) is 31.2 Å². The number of ether oxygens (including phenoxy) is 1. The first kappa shape index (κ1) is 18.5. The molecule has 0 spiro atoms. The van der Waals surface area contributed by atoms with Crippen molar-refractivity contribution in [3.8, 4) is 11.1 Å². The quantitative estimate of drug-likeness (QED) is 0.825. The summed E-state index contributed by atoms with van der Waals surface area (Å²) in [5, 5.41) is 12.2. The summed E-state index contributed by atoms with van der Waals surface area (Å²) in [5.74, 6) is -0.911. The summed E-state index contributed by atoms with van der Waals surface area (Å²) in [6.07, 6.45) is 1.45. The lowest BCUT2D eigenvalue weighted by atomic mass is 9.79. The zero-order valence-electron chi connectivity index (χ0n) is 15.9. The van der Waals surface area contributed by atoms with Crippen molar-refractivity contribution in [3.05, 3.63) is 59.7 Å². The second kappa shape index (κ2) is 7.66. The third-order valence-corrected chi connectivity index (χ3v) is 6.19. The molecule has 1 saturated carbocycles. The third-order valence-electron chi connectivity index (χ3n) is 6.19. The summed E-state index contributed by atoms with van der Waals surface area (Å²) in [6.45, 7) is 2.32. The summed E-state index contributed by atoms with van der Waals surface area (Å²) in [7, 11) is 0. The Labute approximate surface area is 164 Å². The normalized spacial score (nSPS) is 23.5. The fraction of sp³-hybridized carbons (Fsp3) is 0.391. The molecule has 146 valence electrons. The molecule has 1 amide bonds. The van der Waals surface area contributed by atoms with Crippen molar-refractivity contribution in [2.24, 2.45) is 11.8 Å². The van der Waals surface area contributed by atoms with E-state index >= 15 is 0 Å². The average molecular weight is 379 g/mol. The van der Waals surface area contributed by atoms with Crippen molar-refractivity contribution in [3.63, 3.8) is 0 Å². The second-order valence-electron chi connectivity index (χ2n) is 7.90. The van der Waals surface area contributed by atoms with Crippen LogP contribution in [-0.2, 0) is 9.53 Å². The van der Waals surface area contributed by atoms with Gasteiger partial charge >= 0.3 is 12.1 Å². The second-order valence-corrected chi connectivity index (χ2v) is 7.90. The Balaban J connectivity index is 1.42. The molecule has 0 aliphatic heterocycles. The molecular weight excluding hydrogens is 354 g/mol. The largest absolute Gasteiger partial charge is 0.481 e. The van der Waals surface area contributed by atoms with E-state index < -0.39 is 18.0 Å². The zero-order chi connectivity index (χ0) is 19.7. The first-order chi connectivity index (χ1) is 13.5.